The average molecular weight is 387 g/mol. The molecule has 0 amide bonds. The van der Waals surface area contributed by atoms with Crippen molar-refractivity contribution in [2.24, 2.45) is 0 Å². The highest BCUT2D eigenvalue weighted by atomic mass is 79.9. The maximum absolute atomic E-state index is 9.39. The molecule has 3 nitrogen and oxygen atoms in total. The van der Waals surface area contributed by atoms with Gasteiger partial charge in [-0.2, -0.15) is 5.26 Å². The largest absolute Gasteiger partial charge is 0.294 e. The Balaban J connectivity index is 2.09. The third-order valence-electron chi connectivity index (χ3n) is 3.50. The van der Waals surface area contributed by atoms with Gasteiger partial charge >= 0.3 is 0 Å². The lowest BCUT2D eigenvalue weighted by Gasteiger charge is -2.20. The van der Waals surface area contributed by atoms with Crippen molar-refractivity contribution < 1.29 is 0 Å². The molecule has 0 bridgehead atoms. The molecular weight excluding hydrogens is 370 g/mol. The molecule has 0 saturated heterocycles. The second-order valence-corrected chi connectivity index (χ2v) is 6.71. The molecule has 1 aliphatic carbocycles. The summed E-state index contributed by atoms with van der Waals surface area (Å²) in [6.45, 7) is 0. The minimum Gasteiger partial charge on any atom is -0.294 e. The maximum Gasteiger partial charge on any atom is 0.139 e. The summed E-state index contributed by atoms with van der Waals surface area (Å²) in [4.78, 5) is 4.36. The van der Waals surface area contributed by atoms with E-state index >= 15 is 0 Å². The normalized spacial score (nSPS) is 18.6. The molecule has 0 aromatic carbocycles. The van der Waals surface area contributed by atoms with Crippen LogP contribution in [0.5, 0.6) is 0 Å². The highest BCUT2D eigenvalue weighted by Crippen LogP contribution is 2.26. The lowest BCUT2D eigenvalue weighted by atomic mass is 10.1. The number of pyridine rings is 1. The number of halogens is 2. The van der Waals surface area contributed by atoms with Crippen LogP contribution in [0.25, 0.3) is 0 Å². The Bertz CT molecular complexity index is 462. The van der Waals surface area contributed by atoms with Crippen molar-refractivity contribution in [3.63, 3.8) is 0 Å². The zero-order chi connectivity index (χ0) is 13.7. The first-order chi connectivity index (χ1) is 9.20. The molecule has 1 aromatic heterocycles. The topological polar surface area (TPSA) is 48.7 Å². The summed E-state index contributed by atoms with van der Waals surface area (Å²) >= 11 is 6.87. The third-order valence-corrected chi connectivity index (χ3v) is 4.57. The molecule has 2 rings (SSSR count). The zero-order valence-electron chi connectivity index (χ0n) is 10.7. The van der Waals surface area contributed by atoms with Gasteiger partial charge in [-0.15, -0.1) is 0 Å². The van der Waals surface area contributed by atoms with E-state index in [-0.39, 0.29) is 6.04 Å². The molecule has 1 N–H and O–H groups in total. The van der Waals surface area contributed by atoms with Crippen LogP contribution in [0.2, 0.25) is 0 Å². The van der Waals surface area contributed by atoms with Gasteiger partial charge in [-0.1, -0.05) is 25.7 Å². The Hall–Kier alpha value is -0.440. The SMILES string of the molecule is N#CC(NC1CCCCCC1)c1ncc(Br)cc1Br. The molecule has 0 aliphatic heterocycles. The second kappa shape index (κ2) is 7.37. The van der Waals surface area contributed by atoms with E-state index in [1.165, 1.54) is 25.7 Å². The fourth-order valence-corrected chi connectivity index (χ4v) is 3.71. The fourth-order valence-electron chi connectivity index (χ4n) is 2.50. The van der Waals surface area contributed by atoms with Crippen LogP contribution in [-0.2, 0) is 0 Å². The number of nitriles is 1. The number of aromatic nitrogens is 1. The molecule has 19 heavy (non-hydrogen) atoms. The van der Waals surface area contributed by atoms with Crippen LogP contribution in [0.15, 0.2) is 21.2 Å². The van der Waals surface area contributed by atoms with E-state index in [0.29, 0.717) is 6.04 Å². The summed E-state index contributed by atoms with van der Waals surface area (Å²) in [5, 5.41) is 12.8. The minimum absolute atomic E-state index is 0.342. The second-order valence-electron chi connectivity index (χ2n) is 4.94. The van der Waals surface area contributed by atoms with Crippen LogP contribution in [0.3, 0.4) is 0 Å². The highest BCUT2D eigenvalue weighted by molar-refractivity contribution is 9.11. The monoisotopic (exact) mass is 385 g/mol. The Labute approximate surface area is 131 Å². The molecule has 1 heterocycles. The molecule has 1 fully saturated rings. The van der Waals surface area contributed by atoms with E-state index in [4.69, 9.17) is 0 Å². The van der Waals surface area contributed by atoms with Crippen LogP contribution in [0.4, 0.5) is 0 Å². The molecule has 0 radical (unpaired) electrons. The predicted octanol–water partition coefficient (Wildman–Crippen LogP) is 4.48. The van der Waals surface area contributed by atoms with Crippen LogP contribution >= 0.6 is 31.9 Å². The Kier molecular flexibility index (Phi) is 5.80. The Morgan fingerprint density at radius 2 is 1.95 bits per heavy atom. The van der Waals surface area contributed by atoms with E-state index in [1.807, 2.05) is 6.07 Å². The van der Waals surface area contributed by atoms with Crippen LogP contribution in [0.1, 0.15) is 50.3 Å². The first kappa shape index (κ1) is 15.0. The summed E-state index contributed by atoms with van der Waals surface area (Å²) in [5.41, 5.74) is 0.773. The first-order valence-electron chi connectivity index (χ1n) is 6.67. The molecule has 0 spiro atoms. The average Bonchev–Trinajstić information content (AvgIpc) is 2.65. The van der Waals surface area contributed by atoms with Crippen LogP contribution in [-0.4, -0.2) is 11.0 Å². The summed E-state index contributed by atoms with van der Waals surface area (Å²) in [6, 6.07) is 4.35. The molecule has 102 valence electrons. The van der Waals surface area contributed by atoms with Crippen LogP contribution in [0, 0.1) is 11.3 Å². The van der Waals surface area contributed by atoms with Gasteiger partial charge in [0.15, 0.2) is 0 Å². The maximum atomic E-state index is 9.39. The van der Waals surface area contributed by atoms with Crippen molar-refractivity contribution in [2.45, 2.75) is 50.6 Å². The molecule has 1 atom stereocenters. The van der Waals surface area contributed by atoms with Crippen molar-refractivity contribution in [1.29, 1.82) is 5.26 Å². The summed E-state index contributed by atoms with van der Waals surface area (Å²) in [6.07, 6.45) is 9.19. The molecule has 1 saturated carbocycles. The van der Waals surface area contributed by atoms with Gasteiger partial charge in [0.25, 0.3) is 0 Å². The molecule has 5 heteroatoms. The standard InChI is InChI=1S/C14H17Br2N3/c15-10-7-12(16)14(18-9-10)13(8-17)19-11-5-3-1-2-4-6-11/h7,9,11,13,19H,1-6H2. The zero-order valence-corrected chi connectivity index (χ0v) is 13.9. The van der Waals surface area contributed by atoms with Crippen molar-refractivity contribution >= 4 is 31.9 Å². The predicted molar refractivity (Wildman–Crippen MR) is 82.6 cm³/mol. The number of nitrogens with one attached hydrogen (secondary N) is 1. The fraction of sp³-hybridized carbons (Fsp3) is 0.571. The Morgan fingerprint density at radius 1 is 1.26 bits per heavy atom. The van der Waals surface area contributed by atoms with E-state index in [2.05, 4.69) is 48.2 Å². The van der Waals surface area contributed by atoms with Gasteiger partial charge in [-0.05, 0) is 50.8 Å². The van der Waals surface area contributed by atoms with Crippen LogP contribution < -0.4 is 5.32 Å². The number of hydrogen-bond donors (Lipinski definition) is 1. The van der Waals surface area contributed by atoms with Crippen molar-refractivity contribution in [3.8, 4) is 6.07 Å². The van der Waals surface area contributed by atoms with E-state index in [1.54, 1.807) is 6.20 Å². The van der Waals surface area contributed by atoms with Crippen molar-refractivity contribution in [3.05, 3.63) is 26.9 Å². The summed E-state index contributed by atoms with van der Waals surface area (Å²) < 4.78 is 1.78. The third kappa shape index (κ3) is 4.27. The molecule has 1 unspecified atom stereocenters. The van der Waals surface area contributed by atoms with Gasteiger partial charge in [0.2, 0.25) is 0 Å². The van der Waals surface area contributed by atoms with Gasteiger partial charge in [-0.25, -0.2) is 0 Å². The van der Waals surface area contributed by atoms with Gasteiger partial charge in [-0.3, -0.25) is 10.3 Å². The molecule has 1 aromatic rings. The lowest BCUT2D eigenvalue weighted by molar-refractivity contribution is 0.432. The van der Waals surface area contributed by atoms with Crippen molar-refractivity contribution in [1.82, 2.24) is 10.3 Å². The van der Waals surface area contributed by atoms with Crippen molar-refractivity contribution in [2.75, 3.05) is 0 Å². The summed E-state index contributed by atoms with van der Waals surface area (Å²) in [7, 11) is 0. The van der Waals surface area contributed by atoms with E-state index < -0.39 is 0 Å². The van der Waals surface area contributed by atoms with Gasteiger partial charge in [0.1, 0.15) is 6.04 Å². The van der Waals surface area contributed by atoms with E-state index in [9.17, 15) is 5.26 Å². The number of nitrogens with zero attached hydrogens (tertiary/aromatic N) is 2. The quantitative estimate of drug-likeness (QED) is 0.778. The first-order valence-corrected chi connectivity index (χ1v) is 8.26. The summed E-state index contributed by atoms with van der Waals surface area (Å²) in [5.74, 6) is 0. The molecule has 1 aliphatic rings. The van der Waals surface area contributed by atoms with E-state index in [0.717, 1.165) is 27.5 Å². The lowest BCUT2D eigenvalue weighted by Crippen LogP contribution is -2.32. The Morgan fingerprint density at radius 3 is 2.53 bits per heavy atom. The number of rotatable bonds is 3. The number of hydrogen-bond acceptors (Lipinski definition) is 3. The van der Waals surface area contributed by atoms with Gasteiger partial charge in [0, 0.05) is 21.2 Å². The smallest absolute Gasteiger partial charge is 0.139 e. The molecular formula is C14H17Br2N3. The minimum atomic E-state index is -0.342. The van der Waals surface area contributed by atoms with Gasteiger partial charge < -0.3 is 0 Å². The van der Waals surface area contributed by atoms with Gasteiger partial charge in [0.05, 0.1) is 11.8 Å². The highest BCUT2D eigenvalue weighted by Gasteiger charge is 2.20.